The molecule has 10 nitrogen and oxygen atoms in total. The second-order valence-electron chi connectivity index (χ2n) is 9.20. The fraction of sp³-hybridized carbons (Fsp3) is 0.440. The maximum atomic E-state index is 12.6. The van der Waals surface area contributed by atoms with Gasteiger partial charge in [-0.25, -0.2) is 9.97 Å². The molecule has 0 saturated heterocycles. The fourth-order valence-electron chi connectivity index (χ4n) is 4.92. The fourth-order valence-corrected chi connectivity index (χ4v) is 4.92. The van der Waals surface area contributed by atoms with Crippen LogP contribution in [0.15, 0.2) is 41.3 Å². The van der Waals surface area contributed by atoms with Gasteiger partial charge in [0, 0.05) is 31.2 Å². The predicted molar refractivity (Wildman–Crippen MR) is 131 cm³/mol. The van der Waals surface area contributed by atoms with Gasteiger partial charge in [0.15, 0.2) is 18.2 Å². The molecule has 0 bridgehead atoms. The number of hydrogen-bond acceptors (Lipinski definition) is 8. The number of carbonyl (C=O) groups excluding carboxylic acids is 1. The van der Waals surface area contributed by atoms with E-state index in [0.29, 0.717) is 42.4 Å². The lowest BCUT2D eigenvalue weighted by molar-refractivity contribution is -0.118. The van der Waals surface area contributed by atoms with Gasteiger partial charge in [-0.05, 0) is 55.9 Å². The van der Waals surface area contributed by atoms with Gasteiger partial charge in [0.25, 0.3) is 11.5 Å². The number of carbonyl (C=O) groups is 1. The van der Waals surface area contributed by atoms with E-state index in [-0.39, 0.29) is 24.1 Å². The summed E-state index contributed by atoms with van der Waals surface area (Å²) in [5, 5.41) is 6.32. The number of ether oxygens (including phenoxy) is 2. The largest absolute Gasteiger partial charge is 0.497 e. The van der Waals surface area contributed by atoms with Gasteiger partial charge in [0.1, 0.15) is 5.75 Å². The Morgan fingerprint density at radius 1 is 1.23 bits per heavy atom. The summed E-state index contributed by atoms with van der Waals surface area (Å²) >= 11 is 0. The number of nitrogens with zero attached hydrogens (tertiary/aromatic N) is 3. The first-order valence-electron chi connectivity index (χ1n) is 12.0. The molecule has 184 valence electrons. The summed E-state index contributed by atoms with van der Waals surface area (Å²) in [6, 6.07) is 9.52. The van der Waals surface area contributed by atoms with Crippen LogP contribution in [0.2, 0.25) is 0 Å². The first kappa shape index (κ1) is 23.3. The first-order valence-corrected chi connectivity index (χ1v) is 12.0. The van der Waals surface area contributed by atoms with Crippen LogP contribution in [0.5, 0.6) is 11.5 Å². The van der Waals surface area contributed by atoms with Crippen LogP contribution in [-0.2, 0) is 17.9 Å². The molecule has 3 heterocycles. The standard InChI is InChI=1S/C25H30N6O4/c1-34-18-7-8-20-21(10-18)31(24(33)12-28-20)13-19(26)15-2-4-16(5-3-15)27-11-17-6-9-22-25(29-17)30-23(32)14-35-22/h6-10,12,15-16,19,27H,2-5,11,13-14,26H2,1H3,(H,29,30,32)/t15?,16?,19-/m0/s1. The third kappa shape index (κ3) is 5.13. The van der Waals surface area contributed by atoms with E-state index < -0.39 is 0 Å². The number of fused-ring (bicyclic) bond motifs is 2. The van der Waals surface area contributed by atoms with E-state index >= 15 is 0 Å². The topological polar surface area (TPSA) is 133 Å². The maximum absolute atomic E-state index is 12.6. The highest BCUT2D eigenvalue weighted by molar-refractivity contribution is 5.94. The van der Waals surface area contributed by atoms with Crippen molar-refractivity contribution in [1.82, 2.24) is 19.9 Å². The summed E-state index contributed by atoms with van der Waals surface area (Å²) in [6.45, 7) is 1.09. The minimum atomic E-state index is -0.189. The number of nitrogens with one attached hydrogen (secondary N) is 2. The third-order valence-electron chi connectivity index (χ3n) is 6.93. The van der Waals surface area contributed by atoms with E-state index in [9.17, 15) is 9.59 Å². The van der Waals surface area contributed by atoms with Crippen molar-refractivity contribution < 1.29 is 14.3 Å². The molecule has 1 aliphatic carbocycles. The number of amides is 1. The van der Waals surface area contributed by atoms with Crippen LogP contribution in [0.4, 0.5) is 5.82 Å². The van der Waals surface area contributed by atoms with Crippen molar-refractivity contribution in [3.8, 4) is 11.5 Å². The number of methoxy groups -OCH3 is 1. The Morgan fingerprint density at radius 2 is 2.06 bits per heavy atom. The first-order chi connectivity index (χ1) is 17.0. The van der Waals surface area contributed by atoms with Crippen LogP contribution in [-0.4, -0.2) is 46.2 Å². The van der Waals surface area contributed by atoms with Gasteiger partial charge in [0.2, 0.25) is 0 Å². The Hall–Kier alpha value is -3.50. The lowest BCUT2D eigenvalue weighted by Crippen LogP contribution is -2.42. The number of rotatable bonds is 7. The molecule has 1 saturated carbocycles. The summed E-state index contributed by atoms with van der Waals surface area (Å²) in [7, 11) is 1.60. The summed E-state index contributed by atoms with van der Waals surface area (Å²) in [5.41, 5.74) is 8.79. The molecule has 1 aliphatic heterocycles. The zero-order valence-electron chi connectivity index (χ0n) is 19.7. The molecule has 1 fully saturated rings. The number of anilines is 1. The van der Waals surface area contributed by atoms with Gasteiger partial charge >= 0.3 is 0 Å². The van der Waals surface area contributed by atoms with Crippen molar-refractivity contribution in [1.29, 1.82) is 0 Å². The molecule has 10 heteroatoms. The van der Waals surface area contributed by atoms with Gasteiger partial charge in [-0.1, -0.05) is 0 Å². The molecule has 1 aromatic carbocycles. The normalized spacial score (nSPS) is 20.6. The highest BCUT2D eigenvalue weighted by Crippen LogP contribution is 2.29. The molecule has 35 heavy (non-hydrogen) atoms. The Labute approximate surface area is 202 Å². The van der Waals surface area contributed by atoms with E-state index in [1.165, 1.54) is 6.20 Å². The van der Waals surface area contributed by atoms with Gasteiger partial charge in [-0.15, -0.1) is 0 Å². The van der Waals surface area contributed by atoms with Gasteiger partial charge < -0.3 is 30.4 Å². The molecule has 0 unspecified atom stereocenters. The van der Waals surface area contributed by atoms with Crippen LogP contribution >= 0.6 is 0 Å². The average molecular weight is 479 g/mol. The van der Waals surface area contributed by atoms with Crippen molar-refractivity contribution in [2.24, 2.45) is 11.7 Å². The minimum absolute atomic E-state index is 0.0257. The predicted octanol–water partition coefficient (Wildman–Crippen LogP) is 1.81. The lowest BCUT2D eigenvalue weighted by Gasteiger charge is -2.33. The Morgan fingerprint density at radius 3 is 2.86 bits per heavy atom. The molecule has 2 aromatic heterocycles. The minimum Gasteiger partial charge on any atom is -0.497 e. The van der Waals surface area contributed by atoms with Crippen LogP contribution in [0.3, 0.4) is 0 Å². The number of aromatic nitrogens is 3. The summed E-state index contributed by atoms with van der Waals surface area (Å²) in [6.07, 6.45) is 5.34. The maximum Gasteiger partial charge on any atom is 0.269 e. The monoisotopic (exact) mass is 478 g/mol. The van der Waals surface area contributed by atoms with Crippen LogP contribution in [0.1, 0.15) is 31.4 Å². The van der Waals surface area contributed by atoms with Gasteiger partial charge in [0.05, 0.1) is 30.0 Å². The zero-order chi connectivity index (χ0) is 24.4. The van der Waals surface area contributed by atoms with Crippen LogP contribution in [0, 0.1) is 5.92 Å². The number of hydrogen-bond donors (Lipinski definition) is 3. The van der Waals surface area contributed by atoms with E-state index in [1.807, 2.05) is 30.3 Å². The van der Waals surface area contributed by atoms with Crippen molar-refractivity contribution in [3.63, 3.8) is 0 Å². The second-order valence-corrected chi connectivity index (χ2v) is 9.20. The van der Waals surface area contributed by atoms with Crippen LogP contribution < -0.4 is 31.4 Å². The van der Waals surface area contributed by atoms with Crippen molar-refractivity contribution in [2.45, 2.75) is 50.9 Å². The summed E-state index contributed by atoms with van der Waals surface area (Å²) in [4.78, 5) is 32.9. The summed E-state index contributed by atoms with van der Waals surface area (Å²) in [5.74, 6) is 1.91. The molecule has 0 spiro atoms. The van der Waals surface area contributed by atoms with Crippen molar-refractivity contribution >= 4 is 22.8 Å². The van der Waals surface area contributed by atoms with Gasteiger partial charge in [-0.3, -0.25) is 9.59 Å². The zero-order valence-corrected chi connectivity index (χ0v) is 19.7. The number of benzene rings is 1. The second kappa shape index (κ2) is 10.0. The third-order valence-corrected chi connectivity index (χ3v) is 6.93. The SMILES string of the molecule is COc1ccc2ncc(=O)n(C[C@H](N)C3CCC(NCc4ccc5c(n4)NC(=O)CO5)CC3)c2c1. The molecular weight excluding hydrogens is 448 g/mol. The van der Waals surface area contributed by atoms with E-state index in [0.717, 1.165) is 42.4 Å². The number of nitrogens with two attached hydrogens (primary N) is 1. The van der Waals surface area contributed by atoms with Crippen LogP contribution in [0.25, 0.3) is 11.0 Å². The summed E-state index contributed by atoms with van der Waals surface area (Å²) < 4.78 is 12.4. The molecule has 1 atom stereocenters. The average Bonchev–Trinajstić information content (AvgIpc) is 2.88. The van der Waals surface area contributed by atoms with E-state index in [4.69, 9.17) is 15.2 Å². The van der Waals surface area contributed by atoms with E-state index in [2.05, 4.69) is 20.6 Å². The molecule has 5 rings (SSSR count). The highest BCUT2D eigenvalue weighted by atomic mass is 16.5. The smallest absolute Gasteiger partial charge is 0.269 e. The molecule has 0 radical (unpaired) electrons. The van der Waals surface area contributed by atoms with E-state index in [1.54, 1.807) is 11.7 Å². The molecule has 3 aromatic rings. The molecule has 4 N–H and O–H groups in total. The molecule has 1 amide bonds. The molecular formula is C25H30N6O4. The Kier molecular flexibility index (Phi) is 6.65. The lowest BCUT2D eigenvalue weighted by atomic mass is 9.81. The van der Waals surface area contributed by atoms with Crippen molar-refractivity contribution in [3.05, 3.63) is 52.6 Å². The van der Waals surface area contributed by atoms with Crippen molar-refractivity contribution in [2.75, 3.05) is 19.0 Å². The number of pyridine rings is 1. The quantitative estimate of drug-likeness (QED) is 0.468. The molecule has 2 aliphatic rings. The Bertz CT molecular complexity index is 1280. The highest BCUT2D eigenvalue weighted by Gasteiger charge is 2.26. The van der Waals surface area contributed by atoms with Gasteiger partial charge in [-0.2, -0.15) is 0 Å². The Balaban J connectivity index is 1.17.